The highest BCUT2D eigenvalue weighted by molar-refractivity contribution is 7.91. The molecule has 32 heavy (non-hydrogen) atoms. The van der Waals surface area contributed by atoms with E-state index in [0.29, 0.717) is 22.3 Å². The lowest BCUT2D eigenvalue weighted by Gasteiger charge is -2.09. The molecule has 2 aromatic carbocycles. The summed E-state index contributed by atoms with van der Waals surface area (Å²) in [6, 6.07) is 9.94. The quantitative estimate of drug-likeness (QED) is 0.508. The van der Waals surface area contributed by atoms with Crippen molar-refractivity contribution in [1.29, 1.82) is 0 Å². The largest absolute Gasteiger partial charge is 0.370 e. The van der Waals surface area contributed by atoms with Crippen LogP contribution < -0.4 is 11.1 Å². The Balaban J connectivity index is 0.000000646. The molecule has 174 valence electrons. The first kappa shape index (κ1) is 27.2. The summed E-state index contributed by atoms with van der Waals surface area (Å²) in [6.07, 6.45) is 0.444. The van der Waals surface area contributed by atoms with E-state index in [9.17, 15) is 18.0 Å². The molecule has 0 aliphatic heterocycles. The first-order chi connectivity index (χ1) is 15.0. The van der Waals surface area contributed by atoms with Crippen LogP contribution in [0.4, 0.5) is 0 Å². The van der Waals surface area contributed by atoms with Crippen LogP contribution in [0.15, 0.2) is 46.2 Å². The van der Waals surface area contributed by atoms with Crippen molar-refractivity contribution in [3.05, 3.63) is 58.2 Å². The van der Waals surface area contributed by atoms with Gasteiger partial charge in [0.1, 0.15) is 10.6 Å². The number of nitrogens with one attached hydrogen (secondary N) is 2. The normalized spacial score (nSPS) is 10.5. The average molecular weight is 480 g/mol. The number of aryl methyl sites for hydroxylation is 2. The molecule has 2 amide bonds. The number of amides is 2. The summed E-state index contributed by atoms with van der Waals surface area (Å²) >= 11 is 6.05. The fourth-order valence-electron chi connectivity index (χ4n) is 2.91. The monoisotopic (exact) mass is 479 g/mol. The van der Waals surface area contributed by atoms with Crippen molar-refractivity contribution in [2.45, 2.75) is 50.8 Å². The van der Waals surface area contributed by atoms with E-state index in [4.69, 9.17) is 11.6 Å². The maximum absolute atomic E-state index is 13.3. The molecule has 0 fully saturated rings. The average Bonchev–Trinajstić information content (AvgIpc) is 3.13. The van der Waals surface area contributed by atoms with E-state index < -0.39 is 15.7 Å². The van der Waals surface area contributed by atoms with Crippen LogP contribution in [-0.2, 0) is 14.6 Å². The van der Waals surface area contributed by atoms with Crippen molar-refractivity contribution < 1.29 is 18.0 Å². The van der Waals surface area contributed by atoms with Gasteiger partial charge in [-0.05, 0) is 55.3 Å². The summed E-state index contributed by atoms with van der Waals surface area (Å²) in [4.78, 5) is 24.8. The maximum atomic E-state index is 13.3. The third-order valence-electron chi connectivity index (χ3n) is 4.29. The molecule has 0 radical (unpaired) electrons. The molecule has 0 atom stereocenters. The highest BCUT2D eigenvalue weighted by Gasteiger charge is 2.29. The second-order valence-corrected chi connectivity index (χ2v) is 9.07. The number of nitrogens with two attached hydrogens (primary N) is 1. The number of carbonyl (C=O) groups excluding carboxylic acids is 2. The summed E-state index contributed by atoms with van der Waals surface area (Å²) < 4.78 is 26.6. The molecule has 9 heteroatoms. The summed E-state index contributed by atoms with van der Waals surface area (Å²) in [6.45, 7) is 9.39. The number of benzene rings is 2. The van der Waals surface area contributed by atoms with Crippen molar-refractivity contribution >= 4 is 44.2 Å². The molecule has 0 aliphatic carbocycles. The van der Waals surface area contributed by atoms with Gasteiger partial charge in [0.25, 0.3) is 5.91 Å². The third kappa shape index (κ3) is 6.34. The molecule has 4 N–H and O–H groups in total. The summed E-state index contributed by atoms with van der Waals surface area (Å²) in [7, 11) is -2.47. The van der Waals surface area contributed by atoms with Gasteiger partial charge in [0.15, 0.2) is 0 Å². The number of rotatable bonds is 4. The predicted molar refractivity (Wildman–Crippen MR) is 129 cm³/mol. The fraction of sp³-hybridized carbons (Fsp3) is 0.304. The molecule has 0 spiro atoms. The Morgan fingerprint density at radius 2 is 1.59 bits per heavy atom. The predicted octanol–water partition coefficient (Wildman–Crippen LogP) is 4.54. The highest BCUT2D eigenvalue weighted by atomic mass is 35.5. The van der Waals surface area contributed by atoms with Crippen molar-refractivity contribution in [3.8, 4) is 0 Å². The lowest BCUT2D eigenvalue weighted by molar-refractivity contribution is -0.117. The number of primary amides is 1. The van der Waals surface area contributed by atoms with Crippen LogP contribution in [0, 0.1) is 13.8 Å². The van der Waals surface area contributed by atoms with Crippen molar-refractivity contribution in [2.75, 3.05) is 7.05 Å². The molecule has 0 unspecified atom stereocenters. The van der Waals surface area contributed by atoms with Crippen LogP contribution in [0.5, 0.6) is 0 Å². The van der Waals surface area contributed by atoms with Crippen LogP contribution in [0.2, 0.25) is 5.02 Å². The summed E-state index contributed by atoms with van der Waals surface area (Å²) in [5, 5.41) is 3.26. The van der Waals surface area contributed by atoms with Gasteiger partial charge in [0, 0.05) is 29.4 Å². The van der Waals surface area contributed by atoms with Gasteiger partial charge < -0.3 is 16.0 Å². The number of carbonyl (C=O) groups is 2. The molecule has 0 aliphatic rings. The third-order valence-corrected chi connectivity index (χ3v) is 6.34. The van der Waals surface area contributed by atoms with Gasteiger partial charge in [-0.15, -0.1) is 0 Å². The smallest absolute Gasteiger partial charge is 0.268 e. The van der Waals surface area contributed by atoms with E-state index in [0.717, 1.165) is 11.1 Å². The Kier molecular flexibility index (Phi) is 9.93. The highest BCUT2D eigenvalue weighted by Crippen LogP contribution is 2.34. The molecular weight excluding hydrogens is 450 g/mol. The van der Waals surface area contributed by atoms with Gasteiger partial charge in [-0.2, -0.15) is 0 Å². The Bertz CT molecular complexity index is 1200. The van der Waals surface area contributed by atoms with Crippen LogP contribution in [0.1, 0.15) is 48.8 Å². The number of sulfone groups is 1. The molecule has 0 saturated carbocycles. The lowest BCUT2D eigenvalue weighted by Crippen LogP contribution is -2.21. The zero-order valence-corrected chi connectivity index (χ0v) is 20.7. The number of aromatic amines is 1. The number of H-pyrrole nitrogens is 1. The van der Waals surface area contributed by atoms with Crippen molar-refractivity contribution in [3.63, 3.8) is 0 Å². The van der Waals surface area contributed by atoms with Gasteiger partial charge in [-0.3, -0.25) is 9.59 Å². The first-order valence-corrected chi connectivity index (χ1v) is 12.0. The van der Waals surface area contributed by atoms with E-state index >= 15 is 0 Å². The zero-order chi connectivity index (χ0) is 24.6. The minimum atomic E-state index is -3.92. The molecule has 3 rings (SSSR count). The van der Waals surface area contributed by atoms with Crippen LogP contribution >= 0.6 is 11.6 Å². The number of aromatic nitrogens is 1. The summed E-state index contributed by atoms with van der Waals surface area (Å²) in [5.74, 6) is -0.750. The Labute approximate surface area is 194 Å². The minimum Gasteiger partial charge on any atom is -0.370 e. The Hall–Kier alpha value is -2.84. The van der Waals surface area contributed by atoms with Gasteiger partial charge >= 0.3 is 0 Å². The molecule has 3 aromatic rings. The molecule has 1 heterocycles. The van der Waals surface area contributed by atoms with Crippen LogP contribution in [-0.4, -0.2) is 32.3 Å². The molecule has 7 nitrogen and oxygen atoms in total. The molecule has 1 aromatic heterocycles. The van der Waals surface area contributed by atoms with Crippen LogP contribution in [0.3, 0.4) is 0 Å². The maximum Gasteiger partial charge on any atom is 0.268 e. The first-order valence-electron chi connectivity index (χ1n) is 10.2. The van der Waals surface area contributed by atoms with Crippen molar-refractivity contribution in [2.24, 2.45) is 5.73 Å². The number of hydrogen-bond acceptors (Lipinski definition) is 4. The van der Waals surface area contributed by atoms with E-state index in [2.05, 4.69) is 16.0 Å². The van der Waals surface area contributed by atoms with E-state index in [1.54, 1.807) is 37.3 Å². The van der Waals surface area contributed by atoms with Crippen molar-refractivity contribution in [1.82, 2.24) is 10.3 Å². The fourth-order valence-corrected chi connectivity index (χ4v) is 4.87. The second kappa shape index (κ2) is 11.7. The lowest BCUT2D eigenvalue weighted by atomic mass is 10.2. The SMILES string of the molecule is CC.CCC(N)=O.CNC(=O)c1[nH]c2ccc(Cl)cc2c1S(=O)(=O)c1cc(C)cc(C)c1. The number of fused-ring (bicyclic) bond motifs is 1. The molecule has 0 bridgehead atoms. The van der Waals surface area contributed by atoms with E-state index in [1.807, 2.05) is 33.8 Å². The van der Waals surface area contributed by atoms with Gasteiger partial charge in [0.2, 0.25) is 15.7 Å². The molecular formula is C23H30ClN3O4S. The standard InChI is InChI=1S/C18H17ClN2O3S.C3H7NO.C2H6/c1-10-6-11(2)8-13(7-10)25(23,24)17-14-9-12(19)4-5-15(14)21-16(17)18(22)20-3;1-2-3(4)5;1-2/h4-9,21H,1-3H3,(H,20,22);2H2,1H3,(H2,4,5);1-2H3. The van der Waals surface area contributed by atoms with E-state index in [-0.39, 0.29) is 21.4 Å². The molecule has 0 saturated heterocycles. The summed E-state index contributed by atoms with van der Waals surface area (Å²) in [5.41, 5.74) is 6.85. The Morgan fingerprint density at radius 1 is 1.06 bits per heavy atom. The van der Waals surface area contributed by atoms with Gasteiger partial charge in [-0.1, -0.05) is 38.4 Å². The minimum absolute atomic E-state index is 0.000995. The zero-order valence-electron chi connectivity index (χ0n) is 19.2. The van der Waals surface area contributed by atoms with Gasteiger partial charge in [0.05, 0.1) is 4.90 Å². The number of halogens is 1. The van der Waals surface area contributed by atoms with Crippen LogP contribution in [0.25, 0.3) is 10.9 Å². The van der Waals surface area contributed by atoms with Gasteiger partial charge in [-0.25, -0.2) is 8.42 Å². The topological polar surface area (TPSA) is 122 Å². The second-order valence-electron chi connectivity index (χ2n) is 6.74. The van der Waals surface area contributed by atoms with E-state index in [1.165, 1.54) is 7.05 Å². The number of hydrogen-bond donors (Lipinski definition) is 3. The Morgan fingerprint density at radius 3 is 2.06 bits per heavy atom.